The molecule has 82 valence electrons. The molecule has 1 heterocycles. The average Bonchev–Trinajstić information content (AvgIpc) is 2.27. The van der Waals surface area contributed by atoms with Gasteiger partial charge in [-0.2, -0.15) is 0 Å². The fourth-order valence-electron chi connectivity index (χ4n) is 1.72. The van der Waals surface area contributed by atoms with Gasteiger partial charge in [0.2, 0.25) is 0 Å². The largest absolute Gasteiger partial charge is 0.351 e. The number of Topliss-reactive ketones (excluding diaryl/α,β-unsaturated/α-hetero) is 1. The summed E-state index contributed by atoms with van der Waals surface area (Å²) in [5.74, 6) is 0.175. The Morgan fingerprint density at radius 1 is 1.25 bits per heavy atom. The van der Waals surface area contributed by atoms with Crippen LogP contribution in [-0.4, -0.2) is 5.78 Å². The van der Waals surface area contributed by atoms with E-state index < -0.39 is 0 Å². The first kappa shape index (κ1) is 11.3. The molecule has 0 amide bonds. The van der Waals surface area contributed by atoms with Crippen LogP contribution >= 0.6 is 24.2 Å². The number of fused-ring (bicyclic) bond motifs is 1. The zero-order valence-corrected chi connectivity index (χ0v) is 10.0. The number of rotatable bonds is 0. The summed E-state index contributed by atoms with van der Waals surface area (Å²) in [6.45, 7) is 0. The van der Waals surface area contributed by atoms with E-state index in [1.807, 2.05) is 30.4 Å². The molecule has 0 saturated heterocycles. The van der Waals surface area contributed by atoms with Gasteiger partial charge in [-0.15, -0.1) is 12.4 Å². The van der Waals surface area contributed by atoms with Crippen LogP contribution in [0.2, 0.25) is 0 Å². The van der Waals surface area contributed by atoms with Gasteiger partial charge in [-0.3, -0.25) is 4.79 Å². The van der Waals surface area contributed by atoms with Crippen molar-refractivity contribution in [3.8, 4) is 0 Å². The molecule has 0 bridgehead atoms. The number of carbonyl (C=O) groups excluding carboxylic acids is 1. The smallest absolute Gasteiger partial charge is 0.183 e. The molecule has 0 atom stereocenters. The van der Waals surface area contributed by atoms with Crippen molar-refractivity contribution >= 4 is 35.6 Å². The number of anilines is 1. The van der Waals surface area contributed by atoms with Crippen molar-refractivity contribution in [1.82, 2.24) is 0 Å². The molecule has 0 unspecified atom stereocenters. The molecule has 0 aromatic heterocycles. The highest BCUT2D eigenvalue weighted by Crippen LogP contribution is 2.41. The quantitative estimate of drug-likeness (QED) is 0.767. The lowest BCUT2D eigenvalue weighted by Gasteiger charge is -2.23. The van der Waals surface area contributed by atoms with Crippen molar-refractivity contribution in [2.75, 3.05) is 5.32 Å². The third-order valence-electron chi connectivity index (χ3n) is 2.46. The van der Waals surface area contributed by atoms with E-state index >= 15 is 0 Å². The van der Waals surface area contributed by atoms with E-state index in [-0.39, 0.29) is 18.2 Å². The highest BCUT2D eigenvalue weighted by molar-refractivity contribution is 8.03. The molecule has 0 fully saturated rings. The zero-order valence-electron chi connectivity index (χ0n) is 8.40. The fraction of sp³-hybridized carbons (Fsp3) is 0.0833. The second-order valence-electron chi connectivity index (χ2n) is 3.49. The number of ketones is 1. The van der Waals surface area contributed by atoms with Crippen molar-refractivity contribution < 1.29 is 4.79 Å². The number of hydrogen-bond acceptors (Lipinski definition) is 3. The van der Waals surface area contributed by atoms with Gasteiger partial charge < -0.3 is 5.32 Å². The molecule has 0 spiro atoms. The standard InChI is InChI=1S/C12H9NOS.ClH/c14-9-5-3-7-11-12(9)13-8-4-1-2-6-10(8)15-11;/h1-4,6-7,13H,5H2;1H. The number of hydrogen-bond donors (Lipinski definition) is 1. The van der Waals surface area contributed by atoms with E-state index in [4.69, 9.17) is 0 Å². The first-order valence-corrected chi connectivity index (χ1v) is 5.64. The van der Waals surface area contributed by atoms with Gasteiger partial charge in [-0.25, -0.2) is 0 Å². The van der Waals surface area contributed by atoms with Gasteiger partial charge in [0.15, 0.2) is 5.78 Å². The number of carbonyl (C=O) groups is 1. The Bertz CT molecular complexity index is 507. The summed E-state index contributed by atoms with van der Waals surface area (Å²) in [6.07, 6.45) is 4.45. The van der Waals surface area contributed by atoms with E-state index in [1.54, 1.807) is 11.8 Å². The Kier molecular flexibility index (Phi) is 3.08. The fourth-order valence-corrected chi connectivity index (χ4v) is 2.77. The average molecular weight is 252 g/mol. The van der Waals surface area contributed by atoms with Gasteiger partial charge in [0, 0.05) is 16.2 Å². The highest BCUT2D eigenvalue weighted by Gasteiger charge is 2.23. The van der Waals surface area contributed by atoms with Crippen LogP contribution in [0.15, 0.2) is 51.9 Å². The Hall–Kier alpha value is -1.19. The first-order valence-electron chi connectivity index (χ1n) is 4.82. The van der Waals surface area contributed by atoms with Crippen molar-refractivity contribution in [2.24, 2.45) is 0 Å². The molecular weight excluding hydrogens is 242 g/mol. The number of benzene rings is 1. The molecule has 1 aromatic carbocycles. The van der Waals surface area contributed by atoms with Gasteiger partial charge in [-0.05, 0) is 18.2 Å². The number of halogens is 1. The SMILES string of the molecule is Cl.O=C1CC=CC2=C1Nc1ccccc1S2. The lowest BCUT2D eigenvalue weighted by molar-refractivity contribution is -0.114. The number of thioether (sulfide) groups is 1. The molecule has 2 aliphatic rings. The monoisotopic (exact) mass is 251 g/mol. The minimum Gasteiger partial charge on any atom is -0.351 e. The van der Waals surface area contributed by atoms with Crippen molar-refractivity contribution in [3.63, 3.8) is 0 Å². The van der Waals surface area contributed by atoms with Crippen molar-refractivity contribution in [2.45, 2.75) is 11.3 Å². The summed E-state index contributed by atoms with van der Waals surface area (Å²) in [7, 11) is 0. The molecule has 16 heavy (non-hydrogen) atoms. The van der Waals surface area contributed by atoms with E-state index in [9.17, 15) is 4.79 Å². The van der Waals surface area contributed by atoms with E-state index in [0.29, 0.717) is 6.42 Å². The van der Waals surface area contributed by atoms with E-state index in [1.165, 1.54) is 4.90 Å². The topological polar surface area (TPSA) is 29.1 Å². The number of allylic oxidation sites excluding steroid dienone is 3. The van der Waals surface area contributed by atoms with Crippen LogP contribution in [0.3, 0.4) is 0 Å². The maximum absolute atomic E-state index is 11.7. The third kappa shape index (κ3) is 1.77. The molecule has 1 aromatic rings. The Labute approximate surface area is 104 Å². The molecular formula is C12H10ClNOS. The molecule has 1 aliphatic carbocycles. The predicted molar refractivity (Wildman–Crippen MR) is 69.0 cm³/mol. The normalized spacial score (nSPS) is 17.1. The summed E-state index contributed by atoms with van der Waals surface area (Å²) >= 11 is 1.65. The van der Waals surface area contributed by atoms with Gasteiger partial charge >= 0.3 is 0 Å². The van der Waals surface area contributed by atoms with Crippen LogP contribution in [0, 0.1) is 0 Å². The van der Waals surface area contributed by atoms with Crippen LogP contribution in [0.4, 0.5) is 5.69 Å². The molecule has 1 N–H and O–H groups in total. The Balaban J connectivity index is 0.000000963. The minimum atomic E-state index is 0. The lowest BCUT2D eigenvalue weighted by Crippen LogP contribution is -2.17. The van der Waals surface area contributed by atoms with Gasteiger partial charge in [-0.1, -0.05) is 30.0 Å². The molecule has 4 heteroatoms. The van der Waals surface area contributed by atoms with Crippen LogP contribution in [0.25, 0.3) is 0 Å². The molecule has 2 nitrogen and oxygen atoms in total. The Morgan fingerprint density at radius 3 is 2.94 bits per heavy atom. The van der Waals surface area contributed by atoms with Gasteiger partial charge in [0.05, 0.1) is 11.4 Å². The van der Waals surface area contributed by atoms with Crippen molar-refractivity contribution in [3.05, 3.63) is 47.0 Å². The highest BCUT2D eigenvalue weighted by atomic mass is 35.5. The number of nitrogens with one attached hydrogen (secondary N) is 1. The van der Waals surface area contributed by atoms with Gasteiger partial charge in [0.25, 0.3) is 0 Å². The van der Waals surface area contributed by atoms with E-state index in [0.717, 1.165) is 16.3 Å². The summed E-state index contributed by atoms with van der Waals surface area (Å²) < 4.78 is 0. The number of para-hydroxylation sites is 1. The summed E-state index contributed by atoms with van der Waals surface area (Å²) in [5.41, 5.74) is 1.78. The third-order valence-corrected chi connectivity index (χ3v) is 3.60. The van der Waals surface area contributed by atoms with E-state index in [2.05, 4.69) is 11.4 Å². The second-order valence-corrected chi connectivity index (χ2v) is 4.58. The zero-order chi connectivity index (χ0) is 10.3. The first-order chi connectivity index (χ1) is 7.34. The lowest BCUT2D eigenvalue weighted by atomic mass is 10.1. The minimum absolute atomic E-state index is 0. The van der Waals surface area contributed by atoms with Crippen LogP contribution in [0.5, 0.6) is 0 Å². The summed E-state index contributed by atoms with van der Waals surface area (Å²) in [5, 5.41) is 3.21. The predicted octanol–water partition coefficient (Wildman–Crippen LogP) is 3.37. The molecule has 0 radical (unpaired) electrons. The van der Waals surface area contributed by atoms with Crippen LogP contribution in [0.1, 0.15) is 6.42 Å². The molecule has 1 aliphatic heterocycles. The molecule has 0 saturated carbocycles. The maximum atomic E-state index is 11.7. The molecule has 3 rings (SSSR count). The van der Waals surface area contributed by atoms with Crippen LogP contribution in [-0.2, 0) is 4.79 Å². The second kappa shape index (κ2) is 4.36. The Morgan fingerprint density at radius 2 is 2.06 bits per heavy atom. The van der Waals surface area contributed by atoms with Crippen LogP contribution < -0.4 is 5.32 Å². The van der Waals surface area contributed by atoms with Gasteiger partial charge in [0.1, 0.15) is 0 Å². The summed E-state index contributed by atoms with van der Waals surface area (Å²) in [6, 6.07) is 8.04. The maximum Gasteiger partial charge on any atom is 0.183 e. The summed E-state index contributed by atoms with van der Waals surface area (Å²) in [4.78, 5) is 13.9. The van der Waals surface area contributed by atoms with Crippen molar-refractivity contribution in [1.29, 1.82) is 0 Å².